The monoisotopic (exact) mass is 402 g/mol. The molecule has 7 nitrogen and oxygen atoms in total. The molecule has 1 N–H and O–H groups in total. The normalized spacial score (nSPS) is 11.0. The molecular formula is C20H25ClN5O2-. The van der Waals surface area contributed by atoms with E-state index in [9.17, 15) is 0 Å². The molecule has 0 saturated heterocycles. The van der Waals surface area contributed by atoms with Crippen LogP contribution in [0.5, 0.6) is 17.5 Å². The number of benzene rings is 2. The Hall–Kier alpha value is -2.64. The third-order valence-electron chi connectivity index (χ3n) is 3.77. The van der Waals surface area contributed by atoms with Gasteiger partial charge in [0, 0.05) is 12.1 Å². The predicted molar refractivity (Wildman–Crippen MR) is 103 cm³/mol. The summed E-state index contributed by atoms with van der Waals surface area (Å²) in [5.41, 5.74) is 1.98. The second-order valence-corrected chi connectivity index (χ2v) is 7.13. The van der Waals surface area contributed by atoms with E-state index >= 15 is 0 Å². The number of aromatic nitrogens is 4. The van der Waals surface area contributed by atoms with E-state index in [-0.39, 0.29) is 24.0 Å². The van der Waals surface area contributed by atoms with Gasteiger partial charge in [-0.2, -0.15) is 4.68 Å². The molecule has 0 saturated carbocycles. The number of nitrogens with one attached hydrogen (secondary N) is 1. The number of nitrogens with zero attached hydrogens (tertiary/aromatic N) is 4. The van der Waals surface area contributed by atoms with Gasteiger partial charge in [0.1, 0.15) is 0 Å². The van der Waals surface area contributed by atoms with Crippen molar-refractivity contribution in [3.05, 3.63) is 54.1 Å². The van der Waals surface area contributed by atoms with E-state index < -0.39 is 0 Å². The highest BCUT2D eigenvalue weighted by Crippen LogP contribution is 2.32. The summed E-state index contributed by atoms with van der Waals surface area (Å²) in [4.78, 5) is 0. The molecule has 0 spiro atoms. The van der Waals surface area contributed by atoms with Crippen LogP contribution in [0.2, 0.25) is 0 Å². The highest BCUT2D eigenvalue weighted by Gasteiger charge is 2.15. The number of hydrogen-bond acceptors (Lipinski definition) is 6. The number of para-hydroxylation sites is 1. The quantitative estimate of drug-likeness (QED) is 0.628. The standard InChI is InChI=1S/C20H25N5O2.ClH/c1-5-26-18-13-15(14-21-20(2,3)4)11-12-17(18)27-19-22-23-24-25(19)16-9-7-6-8-10-16;/h6-13,21H,5,14H2,1-4H3;1H/p-1. The molecule has 1 heterocycles. The van der Waals surface area contributed by atoms with Crippen molar-refractivity contribution < 1.29 is 21.9 Å². The molecule has 0 unspecified atom stereocenters. The molecule has 0 fully saturated rings. The first-order valence-corrected chi connectivity index (χ1v) is 8.98. The first-order chi connectivity index (χ1) is 13.0. The minimum Gasteiger partial charge on any atom is -1.00 e. The van der Waals surface area contributed by atoms with E-state index in [1.54, 1.807) is 4.68 Å². The third-order valence-corrected chi connectivity index (χ3v) is 3.77. The van der Waals surface area contributed by atoms with Gasteiger partial charge in [0.2, 0.25) is 0 Å². The number of hydrogen-bond donors (Lipinski definition) is 1. The van der Waals surface area contributed by atoms with Crippen molar-refractivity contribution in [3.8, 4) is 23.2 Å². The zero-order valence-corrected chi connectivity index (χ0v) is 17.3. The second kappa shape index (κ2) is 9.52. The van der Waals surface area contributed by atoms with Gasteiger partial charge in [0.25, 0.3) is 0 Å². The molecule has 8 heteroatoms. The van der Waals surface area contributed by atoms with Crippen LogP contribution in [-0.4, -0.2) is 32.4 Å². The van der Waals surface area contributed by atoms with E-state index in [0.717, 1.165) is 17.8 Å². The van der Waals surface area contributed by atoms with E-state index in [1.807, 2.05) is 55.5 Å². The van der Waals surface area contributed by atoms with Gasteiger partial charge in [-0.25, -0.2) is 0 Å². The molecule has 3 aromatic rings. The predicted octanol–water partition coefficient (Wildman–Crippen LogP) is 0.745. The number of rotatable bonds is 7. The Morgan fingerprint density at radius 1 is 1.04 bits per heavy atom. The summed E-state index contributed by atoms with van der Waals surface area (Å²) in [7, 11) is 0. The van der Waals surface area contributed by atoms with Gasteiger partial charge in [-0.15, -0.1) is 0 Å². The van der Waals surface area contributed by atoms with Crippen LogP contribution in [-0.2, 0) is 6.54 Å². The fourth-order valence-electron chi connectivity index (χ4n) is 2.45. The van der Waals surface area contributed by atoms with Crippen LogP contribution >= 0.6 is 0 Å². The van der Waals surface area contributed by atoms with Crippen LogP contribution in [0.15, 0.2) is 48.5 Å². The maximum Gasteiger partial charge on any atom is 0.346 e. The zero-order chi connectivity index (χ0) is 19.3. The summed E-state index contributed by atoms with van der Waals surface area (Å²) < 4.78 is 13.3. The first kappa shape index (κ1) is 21.7. The van der Waals surface area contributed by atoms with Crippen LogP contribution in [0.25, 0.3) is 5.69 Å². The van der Waals surface area contributed by atoms with Gasteiger partial charge in [-0.05, 0) is 68.0 Å². The lowest BCUT2D eigenvalue weighted by Gasteiger charge is -2.21. The maximum absolute atomic E-state index is 5.97. The topological polar surface area (TPSA) is 74.1 Å². The van der Waals surface area contributed by atoms with Crippen LogP contribution in [0.4, 0.5) is 0 Å². The lowest BCUT2D eigenvalue weighted by Crippen LogP contribution is -3.00. The number of ether oxygens (including phenoxy) is 2. The summed E-state index contributed by atoms with van der Waals surface area (Å²) >= 11 is 0. The Morgan fingerprint density at radius 3 is 2.46 bits per heavy atom. The Labute approximate surface area is 171 Å². The SMILES string of the molecule is CCOc1cc(CNC(C)(C)C)ccc1Oc1nnnn1-c1ccccc1.[Cl-]. The maximum atomic E-state index is 5.97. The Balaban J connectivity index is 0.00000280. The fraction of sp³-hybridized carbons (Fsp3) is 0.350. The average molecular weight is 403 g/mol. The molecular weight excluding hydrogens is 378 g/mol. The molecule has 0 aliphatic heterocycles. The molecule has 28 heavy (non-hydrogen) atoms. The van der Waals surface area contributed by atoms with Crippen molar-refractivity contribution in [1.82, 2.24) is 25.5 Å². The van der Waals surface area contributed by atoms with E-state index in [2.05, 4.69) is 41.6 Å². The van der Waals surface area contributed by atoms with E-state index in [1.165, 1.54) is 0 Å². The molecule has 0 amide bonds. The lowest BCUT2D eigenvalue weighted by atomic mass is 10.1. The molecule has 1 aromatic heterocycles. The molecule has 150 valence electrons. The largest absolute Gasteiger partial charge is 1.00 e. The van der Waals surface area contributed by atoms with E-state index in [4.69, 9.17) is 9.47 Å². The van der Waals surface area contributed by atoms with Crippen molar-refractivity contribution in [3.63, 3.8) is 0 Å². The van der Waals surface area contributed by atoms with Crippen molar-refractivity contribution >= 4 is 0 Å². The highest BCUT2D eigenvalue weighted by atomic mass is 35.5. The summed E-state index contributed by atoms with van der Waals surface area (Å²) in [5.74, 6) is 1.23. The number of halogens is 1. The number of tetrazole rings is 1. The van der Waals surface area contributed by atoms with Crippen molar-refractivity contribution in [2.75, 3.05) is 6.61 Å². The Morgan fingerprint density at radius 2 is 1.79 bits per heavy atom. The van der Waals surface area contributed by atoms with Gasteiger partial charge in [-0.3, -0.25) is 0 Å². The first-order valence-electron chi connectivity index (χ1n) is 8.98. The van der Waals surface area contributed by atoms with Crippen LogP contribution in [0.3, 0.4) is 0 Å². The molecule has 2 aromatic carbocycles. The van der Waals surface area contributed by atoms with E-state index in [0.29, 0.717) is 18.1 Å². The van der Waals surface area contributed by atoms with Crippen molar-refractivity contribution in [2.45, 2.75) is 39.8 Å². The zero-order valence-electron chi connectivity index (χ0n) is 16.5. The van der Waals surface area contributed by atoms with Gasteiger partial charge in [0.15, 0.2) is 11.5 Å². The smallest absolute Gasteiger partial charge is 0.346 e. The van der Waals surface area contributed by atoms with Crippen LogP contribution in [0, 0.1) is 0 Å². The molecule has 0 aliphatic rings. The minimum absolute atomic E-state index is 0. The molecule has 3 rings (SSSR count). The summed E-state index contributed by atoms with van der Waals surface area (Å²) in [6.07, 6.45) is 0. The van der Waals surface area contributed by atoms with Crippen LogP contribution < -0.4 is 27.2 Å². The van der Waals surface area contributed by atoms with Gasteiger partial charge in [0.05, 0.1) is 12.3 Å². The average Bonchev–Trinajstić information content (AvgIpc) is 3.10. The summed E-state index contributed by atoms with van der Waals surface area (Å²) in [6.45, 7) is 9.63. The van der Waals surface area contributed by atoms with Crippen molar-refractivity contribution in [1.29, 1.82) is 0 Å². The van der Waals surface area contributed by atoms with Gasteiger partial charge < -0.3 is 27.2 Å². The Kier molecular flexibility index (Phi) is 7.37. The third kappa shape index (κ3) is 5.68. The second-order valence-electron chi connectivity index (χ2n) is 7.13. The molecule has 0 atom stereocenters. The van der Waals surface area contributed by atoms with Gasteiger partial charge >= 0.3 is 6.01 Å². The molecule has 0 aliphatic carbocycles. The fourth-order valence-corrected chi connectivity index (χ4v) is 2.45. The minimum atomic E-state index is 0. The summed E-state index contributed by atoms with van der Waals surface area (Å²) in [6, 6.07) is 15.7. The Bertz CT molecular complexity index is 878. The van der Waals surface area contributed by atoms with Gasteiger partial charge in [-0.1, -0.05) is 29.4 Å². The lowest BCUT2D eigenvalue weighted by molar-refractivity contribution is -0.00000743. The van der Waals surface area contributed by atoms with Crippen molar-refractivity contribution in [2.24, 2.45) is 0 Å². The highest BCUT2D eigenvalue weighted by molar-refractivity contribution is 5.45. The van der Waals surface area contributed by atoms with Crippen LogP contribution in [0.1, 0.15) is 33.3 Å². The molecule has 0 radical (unpaired) electrons. The molecule has 0 bridgehead atoms. The summed E-state index contributed by atoms with van der Waals surface area (Å²) in [5, 5.41) is 15.2.